The minimum atomic E-state index is -0.0643. The molecule has 0 heterocycles. The van der Waals surface area contributed by atoms with Crippen molar-refractivity contribution in [1.82, 2.24) is 4.90 Å². The summed E-state index contributed by atoms with van der Waals surface area (Å²) in [6.45, 7) is 14.8. The molecular formula is C19H40BNO. The van der Waals surface area contributed by atoms with Crippen molar-refractivity contribution >= 4 is 7.85 Å². The summed E-state index contributed by atoms with van der Waals surface area (Å²) in [6, 6.07) is 0. The Morgan fingerprint density at radius 1 is 1.05 bits per heavy atom. The number of hydrogen-bond acceptors (Lipinski definition) is 2. The lowest BCUT2D eigenvalue weighted by atomic mass is 9.73. The van der Waals surface area contributed by atoms with Gasteiger partial charge >= 0.3 is 0 Å². The second-order valence-corrected chi connectivity index (χ2v) is 7.87. The fraction of sp³-hybridized carbons (Fsp3) is 1.00. The summed E-state index contributed by atoms with van der Waals surface area (Å²) in [5, 5.41) is 0. The van der Waals surface area contributed by atoms with Crippen molar-refractivity contribution in [2.24, 2.45) is 17.8 Å². The quantitative estimate of drug-likeness (QED) is 0.481. The molecule has 0 rings (SSSR count). The third-order valence-electron chi connectivity index (χ3n) is 5.27. The Morgan fingerprint density at radius 2 is 1.64 bits per heavy atom. The van der Waals surface area contributed by atoms with E-state index in [4.69, 9.17) is 12.6 Å². The molecule has 0 aliphatic heterocycles. The average molecular weight is 309 g/mol. The Hall–Kier alpha value is -0.0151. The maximum atomic E-state index is 6.64. The molecule has 0 saturated heterocycles. The third kappa shape index (κ3) is 7.50. The monoisotopic (exact) mass is 309 g/mol. The van der Waals surface area contributed by atoms with Crippen molar-refractivity contribution in [2.45, 2.75) is 85.3 Å². The molecule has 130 valence electrons. The number of nitrogens with zero attached hydrogens (tertiary/aromatic N) is 1. The lowest BCUT2D eigenvalue weighted by molar-refractivity contribution is -0.145. The van der Waals surface area contributed by atoms with Gasteiger partial charge in [0, 0.05) is 0 Å². The van der Waals surface area contributed by atoms with Gasteiger partial charge in [0.2, 0.25) is 0 Å². The van der Waals surface area contributed by atoms with Gasteiger partial charge in [0.15, 0.2) is 0 Å². The summed E-state index contributed by atoms with van der Waals surface area (Å²) < 4.78 is 6.64. The number of rotatable bonds is 12. The Balaban J connectivity index is 4.92. The zero-order valence-electron chi connectivity index (χ0n) is 16.5. The Labute approximate surface area is 141 Å². The first-order chi connectivity index (χ1) is 10.2. The first-order valence-electron chi connectivity index (χ1n) is 9.19. The van der Waals surface area contributed by atoms with E-state index in [0.29, 0.717) is 23.9 Å². The standard InChI is InChI=1S/C19H40BNO/c1-9-10-16(3)19(6,17(4)13-15(2)14-20)22-18(5)11-12-21(7)8/h15-18H,9-14H2,1-8H3/t15-,16+,17-,18+,19-/m1/s1. The maximum absolute atomic E-state index is 6.64. The molecule has 5 atom stereocenters. The molecule has 0 saturated carbocycles. The van der Waals surface area contributed by atoms with E-state index in [1.165, 1.54) is 12.8 Å². The topological polar surface area (TPSA) is 12.5 Å². The van der Waals surface area contributed by atoms with E-state index in [9.17, 15) is 0 Å². The minimum Gasteiger partial charge on any atom is -0.372 e. The van der Waals surface area contributed by atoms with Crippen LogP contribution in [-0.4, -0.2) is 45.1 Å². The lowest BCUT2D eigenvalue weighted by Crippen LogP contribution is -2.46. The fourth-order valence-electron chi connectivity index (χ4n) is 3.30. The van der Waals surface area contributed by atoms with Gasteiger partial charge in [0.05, 0.1) is 19.6 Å². The summed E-state index contributed by atoms with van der Waals surface area (Å²) in [5.74, 6) is 1.65. The average Bonchev–Trinajstić information content (AvgIpc) is 2.44. The van der Waals surface area contributed by atoms with Gasteiger partial charge in [0.25, 0.3) is 0 Å². The number of hydrogen-bond donors (Lipinski definition) is 0. The minimum absolute atomic E-state index is 0.0643. The molecule has 22 heavy (non-hydrogen) atoms. The molecule has 0 N–H and O–H groups in total. The Kier molecular flexibility index (Phi) is 10.7. The van der Waals surface area contributed by atoms with E-state index >= 15 is 0 Å². The molecule has 0 spiro atoms. The van der Waals surface area contributed by atoms with Gasteiger partial charge in [-0.25, -0.2) is 0 Å². The molecule has 0 fully saturated rings. The smallest absolute Gasteiger partial charge is 0.0709 e. The van der Waals surface area contributed by atoms with E-state index in [1.807, 2.05) is 0 Å². The van der Waals surface area contributed by atoms with Gasteiger partial charge in [-0.05, 0) is 65.6 Å². The highest BCUT2D eigenvalue weighted by Gasteiger charge is 2.38. The van der Waals surface area contributed by atoms with Gasteiger partial charge in [0.1, 0.15) is 0 Å². The van der Waals surface area contributed by atoms with Crippen LogP contribution in [0.2, 0.25) is 6.32 Å². The van der Waals surface area contributed by atoms with Crippen LogP contribution in [0.25, 0.3) is 0 Å². The molecule has 0 aromatic heterocycles. The highest BCUT2D eigenvalue weighted by Crippen LogP contribution is 2.38. The van der Waals surface area contributed by atoms with Crippen LogP contribution < -0.4 is 0 Å². The maximum Gasteiger partial charge on any atom is 0.0709 e. The molecule has 0 aliphatic carbocycles. The van der Waals surface area contributed by atoms with Crippen LogP contribution in [0.1, 0.15) is 67.2 Å². The summed E-state index contributed by atoms with van der Waals surface area (Å²) in [5.41, 5.74) is -0.0643. The summed E-state index contributed by atoms with van der Waals surface area (Å²) in [7, 11) is 10.1. The van der Waals surface area contributed by atoms with E-state index in [0.717, 1.165) is 25.7 Å². The van der Waals surface area contributed by atoms with Crippen LogP contribution >= 0.6 is 0 Å². The zero-order chi connectivity index (χ0) is 17.3. The van der Waals surface area contributed by atoms with Crippen molar-refractivity contribution in [3.63, 3.8) is 0 Å². The van der Waals surface area contributed by atoms with E-state index < -0.39 is 0 Å². The van der Waals surface area contributed by atoms with Gasteiger partial charge in [-0.1, -0.05) is 46.4 Å². The normalized spacial score (nSPS) is 20.4. The molecule has 0 aromatic rings. The summed E-state index contributed by atoms with van der Waals surface area (Å²) in [4.78, 5) is 2.23. The molecule has 0 aliphatic rings. The predicted octanol–water partition coefficient (Wildman–Crippen LogP) is 4.79. The van der Waals surface area contributed by atoms with Crippen LogP contribution in [0.4, 0.5) is 0 Å². The van der Waals surface area contributed by atoms with Crippen LogP contribution in [0.5, 0.6) is 0 Å². The third-order valence-corrected chi connectivity index (χ3v) is 5.27. The van der Waals surface area contributed by atoms with Crippen molar-refractivity contribution < 1.29 is 4.74 Å². The Morgan fingerprint density at radius 3 is 2.09 bits per heavy atom. The summed E-state index contributed by atoms with van der Waals surface area (Å²) in [6.07, 6.45) is 5.71. The van der Waals surface area contributed by atoms with Crippen LogP contribution in [0, 0.1) is 17.8 Å². The Bertz CT molecular complexity index is 285. The predicted molar refractivity (Wildman–Crippen MR) is 99.7 cm³/mol. The van der Waals surface area contributed by atoms with E-state index in [1.54, 1.807) is 0 Å². The largest absolute Gasteiger partial charge is 0.372 e. The van der Waals surface area contributed by atoms with Gasteiger partial charge < -0.3 is 9.64 Å². The SMILES string of the molecule is [B]C[C@H](C)C[C@@H](C)[C@](C)(O[C@@H](C)CCN(C)C)[C@@H](C)CCC. The second-order valence-electron chi connectivity index (χ2n) is 7.87. The van der Waals surface area contributed by atoms with Gasteiger partial charge in [-0.2, -0.15) is 0 Å². The first-order valence-corrected chi connectivity index (χ1v) is 9.19. The van der Waals surface area contributed by atoms with Gasteiger partial charge in [-0.3, -0.25) is 0 Å². The van der Waals surface area contributed by atoms with Crippen molar-refractivity contribution in [3.05, 3.63) is 0 Å². The second kappa shape index (κ2) is 10.7. The van der Waals surface area contributed by atoms with Crippen LogP contribution in [-0.2, 0) is 4.74 Å². The molecule has 2 nitrogen and oxygen atoms in total. The molecule has 0 amide bonds. The lowest BCUT2D eigenvalue weighted by Gasteiger charge is -2.44. The van der Waals surface area contributed by atoms with Crippen molar-refractivity contribution in [1.29, 1.82) is 0 Å². The first kappa shape index (κ1) is 22.0. The van der Waals surface area contributed by atoms with Crippen molar-refractivity contribution in [2.75, 3.05) is 20.6 Å². The number of ether oxygens (including phenoxy) is 1. The van der Waals surface area contributed by atoms with E-state index in [2.05, 4.69) is 60.5 Å². The van der Waals surface area contributed by atoms with Crippen LogP contribution in [0.3, 0.4) is 0 Å². The molecule has 3 heteroatoms. The van der Waals surface area contributed by atoms with Gasteiger partial charge in [-0.15, -0.1) is 0 Å². The highest BCUT2D eigenvalue weighted by atomic mass is 16.5. The molecular weight excluding hydrogens is 269 g/mol. The van der Waals surface area contributed by atoms with E-state index in [-0.39, 0.29) is 5.60 Å². The van der Waals surface area contributed by atoms with Crippen LogP contribution in [0.15, 0.2) is 0 Å². The molecule has 0 bridgehead atoms. The highest BCUT2D eigenvalue weighted by molar-refractivity contribution is 6.08. The molecule has 2 radical (unpaired) electrons. The molecule has 0 unspecified atom stereocenters. The fourth-order valence-corrected chi connectivity index (χ4v) is 3.30. The zero-order valence-corrected chi connectivity index (χ0v) is 16.5. The van der Waals surface area contributed by atoms with Crippen molar-refractivity contribution in [3.8, 4) is 0 Å². The molecule has 0 aromatic carbocycles. The summed E-state index contributed by atoms with van der Waals surface area (Å²) >= 11 is 0.